The second kappa shape index (κ2) is 8.37. The number of pyridine rings is 1. The third-order valence-electron chi connectivity index (χ3n) is 7.14. The average Bonchev–Trinajstić information content (AvgIpc) is 3.62. The van der Waals surface area contributed by atoms with Crippen molar-refractivity contribution >= 4 is 28.3 Å². The van der Waals surface area contributed by atoms with Crippen LogP contribution >= 0.6 is 0 Å². The number of aromatic nitrogens is 3. The van der Waals surface area contributed by atoms with Crippen molar-refractivity contribution in [1.82, 2.24) is 15.0 Å². The lowest BCUT2D eigenvalue weighted by atomic mass is 9.99. The highest BCUT2D eigenvalue weighted by atomic mass is 16.2. The third kappa shape index (κ3) is 4.06. The number of fused-ring (bicyclic) bond motifs is 2. The number of benzene rings is 1. The largest absolute Gasteiger partial charge is 0.369 e. The molecule has 1 saturated heterocycles. The molecule has 2 fully saturated rings. The maximum absolute atomic E-state index is 12.2. The molecule has 6 rings (SSSR count). The first-order valence-electron chi connectivity index (χ1n) is 12.3. The molecule has 1 atom stereocenters. The highest BCUT2D eigenvalue weighted by molar-refractivity contribution is 5.97. The van der Waals surface area contributed by atoms with Crippen LogP contribution in [0.15, 0.2) is 30.5 Å². The lowest BCUT2D eigenvalue weighted by molar-refractivity contribution is -0.117. The van der Waals surface area contributed by atoms with E-state index in [1.807, 2.05) is 6.07 Å². The standard InChI is InChI=1S/C26H30N6O/c27-18-11-13-32(15-18)24-19-4-2-1-3-5-21(19)29-22-9-8-17(14-20(22)24)25-28-12-10-23(30-25)31-26(33)16-6-7-16/h8-10,12,14,16,18H,1-7,11,13,15,27H2,(H,28,30,31,33)/t18-/m0/s1. The zero-order valence-electron chi connectivity index (χ0n) is 18.9. The Morgan fingerprint density at radius 2 is 1.94 bits per heavy atom. The smallest absolute Gasteiger partial charge is 0.228 e. The lowest BCUT2D eigenvalue weighted by Gasteiger charge is -2.25. The summed E-state index contributed by atoms with van der Waals surface area (Å²) in [5, 5.41) is 4.09. The van der Waals surface area contributed by atoms with E-state index in [9.17, 15) is 4.79 Å². The fourth-order valence-electron chi connectivity index (χ4n) is 5.21. The van der Waals surface area contributed by atoms with Crippen LogP contribution < -0.4 is 16.0 Å². The van der Waals surface area contributed by atoms with Gasteiger partial charge in [0.05, 0.1) is 11.2 Å². The Morgan fingerprint density at radius 1 is 1.06 bits per heavy atom. The van der Waals surface area contributed by atoms with Crippen LogP contribution in [0.25, 0.3) is 22.3 Å². The van der Waals surface area contributed by atoms with E-state index in [0.717, 1.165) is 61.7 Å². The summed E-state index contributed by atoms with van der Waals surface area (Å²) in [4.78, 5) is 28.9. The Kier molecular flexibility index (Phi) is 5.21. The van der Waals surface area contributed by atoms with Crippen molar-refractivity contribution in [1.29, 1.82) is 0 Å². The topological polar surface area (TPSA) is 97.0 Å². The summed E-state index contributed by atoms with van der Waals surface area (Å²) in [6.07, 6.45) is 10.4. The van der Waals surface area contributed by atoms with Crippen molar-refractivity contribution in [3.8, 4) is 11.4 Å². The molecule has 170 valence electrons. The molecule has 0 spiro atoms. The van der Waals surface area contributed by atoms with Crippen LogP contribution in [0.2, 0.25) is 0 Å². The Morgan fingerprint density at radius 3 is 2.76 bits per heavy atom. The number of nitrogens with one attached hydrogen (secondary N) is 1. The van der Waals surface area contributed by atoms with E-state index >= 15 is 0 Å². The SMILES string of the molecule is N[C@H]1CCN(c2c3c(nc4ccc(-c5nccc(NC(=O)C6CC6)n5)cc24)CCCCC3)C1. The molecule has 1 aliphatic heterocycles. The molecule has 3 aromatic rings. The number of aryl methyl sites for hydroxylation is 1. The van der Waals surface area contributed by atoms with Crippen molar-refractivity contribution in [3.63, 3.8) is 0 Å². The van der Waals surface area contributed by atoms with Gasteiger partial charge in [-0.25, -0.2) is 9.97 Å². The van der Waals surface area contributed by atoms with Crippen LogP contribution in [0.4, 0.5) is 11.5 Å². The van der Waals surface area contributed by atoms with E-state index in [2.05, 4.69) is 32.3 Å². The Balaban J connectivity index is 1.44. The van der Waals surface area contributed by atoms with Gasteiger partial charge in [0.15, 0.2) is 5.82 Å². The molecule has 1 aromatic carbocycles. The van der Waals surface area contributed by atoms with Crippen LogP contribution in [-0.4, -0.2) is 40.0 Å². The Hall–Kier alpha value is -3.06. The number of carbonyl (C=O) groups excluding carboxylic acids is 1. The molecule has 7 nitrogen and oxygen atoms in total. The van der Waals surface area contributed by atoms with Gasteiger partial charge >= 0.3 is 0 Å². The quantitative estimate of drug-likeness (QED) is 0.596. The number of nitrogens with zero attached hydrogens (tertiary/aromatic N) is 4. The summed E-state index contributed by atoms with van der Waals surface area (Å²) < 4.78 is 0. The predicted octanol–water partition coefficient (Wildman–Crippen LogP) is 3.85. The molecule has 3 aliphatic rings. The number of amides is 1. The summed E-state index contributed by atoms with van der Waals surface area (Å²) in [5.41, 5.74) is 12.2. The highest BCUT2D eigenvalue weighted by Gasteiger charge is 2.30. The molecule has 33 heavy (non-hydrogen) atoms. The van der Waals surface area contributed by atoms with E-state index in [4.69, 9.17) is 10.7 Å². The van der Waals surface area contributed by atoms with Gasteiger partial charge in [0.25, 0.3) is 0 Å². The van der Waals surface area contributed by atoms with Crippen LogP contribution in [-0.2, 0) is 17.6 Å². The molecule has 0 unspecified atom stereocenters. The van der Waals surface area contributed by atoms with Gasteiger partial charge in [-0.15, -0.1) is 0 Å². The zero-order chi connectivity index (χ0) is 22.4. The highest BCUT2D eigenvalue weighted by Crippen LogP contribution is 2.38. The van der Waals surface area contributed by atoms with Crippen LogP contribution in [0.3, 0.4) is 0 Å². The molecule has 2 aliphatic carbocycles. The van der Waals surface area contributed by atoms with Gasteiger partial charge in [0.2, 0.25) is 5.91 Å². The van der Waals surface area contributed by atoms with Crippen LogP contribution in [0, 0.1) is 5.92 Å². The Bertz CT molecular complexity index is 1220. The van der Waals surface area contributed by atoms with E-state index in [1.165, 1.54) is 36.2 Å². The fourth-order valence-corrected chi connectivity index (χ4v) is 5.21. The molecular weight excluding hydrogens is 412 g/mol. The monoisotopic (exact) mass is 442 g/mol. The molecule has 0 bridgehead atoms. The van der Waals surface area contributed by atoms with Crippen molar-refractivity contribution in [2.24, 2.45) is 11.7 Å². The first-order chi connectivity index (χ1) is 16.2. The number of nitrogens with two attached hydrogens (primary N) is 1. The summed E-state index contributed by atoms with van der Waals surface area (Å²) in [6, 6.07) is 8.28. The molecule has 3 heterocycles. The summed E-state index contributed by atoms with van der Waals surface area (Å²) in [6.45, 7) is 1.87. The Labute approximate surface area is 193 Å². The number of anilines is 2. The normalized spacial score (nSPS) is 20.5. The summed E-state index contributed by atoms with van der Waals surface area (Å²) in [7, 11) is 0. The van der Waals surface area contributed by atoms with Crippen LogP contribution in [0.5, 0.6) is 0 Å². The molecular formula is C26H30N6O. The van der Waals surface area contributed by atoms with Gasteiger partial charge < -0.3 is 16.0 Å². The van der Waals surface area contributed by atoms with Gasteiger partial charge in [-0.1, -0.05) is 6.42 Å². The van der Waals surface area contributed by atoms with E-state index in [0.29, 0.717) is 11.6 Å². The maximum Gasteiger partial charge on any atom is 0.228 e. The third-order valence-corrected chi connectivity index (χ3v) is 7.14. The van der Waals surface area contributed by atoms with Gasteiger partial charge in [0, 0.05) is 47.9 Å². The van der Waals surface area contributed by atoms with Crippen molar-refractivity contribution in [2.45, 2.75) is 57.4 Å². The molecule has 2 aromatic heterocycles. The second-order valence-corrected chi connectivity index (χ2v) is 9.70. The molecule has 3 N–H and O–H groups in total. The average molecular weight is 443 g/mol. The molecule has 1 saturated carbocycles. The van der Waals surface area contributed by atoms with Crippen molar-refractivity contribution in [3.05, 3.63) is 41.7 Å². The molecule has 0 radical (unpaired) electrons. The van der Waals surface area contributed by atoms with E-state index < -0.39 is 0 Å². The minimum absolute atomic E-state index is 0.0534. The number of carbonyl (C=O) groups is 1. The molecule has 1 amide bonds. The van der Waals surface area contributed by atoms with Crippen molar-refractivity contribution in [2.75, 3.05) is 23.3 Å². The van der Waals surface area contributed by atoms with Crippen molar-refractivity contribution < 1.29 is 4.79 Å². The van der Waals surface area contributed by atoms with Crippen LogP contribution in [0.1, 0.15) is 49.8 Å². The first kappa shape index (κ1) is 20.5. The van der Waals surface area contributed by atoms with Gasteiger partial charge in [-0.2, -0.15) is 0 Å². The maximum atomic E-state index is 12.2. The zero-order valence-corrected chi connectivity index (χ0v) is 18.9. The van der Waals surface area contributed by atoms with E-state index in [-0.39, 0.29) is 17.9 Å². The number of hydrogen-bond acceptors (Lipinski definition) is 6. The molecule has 7 heteroatoms. The predicted molar refractivity (Wildman–Crippen MR) is 130 cm³/mol. The fraction of sp³-hybridized carbons (Fsp3) is 0.462. The lowest BCUT2D eigenvalue weighted by Crippen LogP contribution is -2.27. The first-order valence-corrected chi connectivity index (χ1v) is 12.3. The minimum atomic E-state index is 0.0534. The minimum Gasteiger partial charge on any atom is -0.369 e. The van der Waals surface area contributed by atoms with Gasteiger partial charge in [-0.3, -0.25) is 9.78 Å². The van der Waals surface area contributed by atoms with Gasteiger partial charge in [0.1, 0.15) is 5.82 Å². The second-order valence-electron chi connectivity index (χ2n) is 9.70. The summed E-state index contributed by atoms with van der Waals surface area (Å²) >= 11 is 0. The van der Waals surface area contributed by atoms with E-state index in [1.54, 1.807) is 12.3 Å². The number of rotatable bonds is 4. The van der Waals surface area contributed by atoms with Gasteiger partial charge in [-0.05, 0) is 74.8 Å². The summed E-state index contributed by atoms with van der Waals surface area (Å²) in [5.74, 6) is 1.37. The number of hydrogen-bond donors (Lipinski definition) is 2.